The summed E-state index contributed by atoms with van der Waals surface area (Å²) >= 11 is 0. The Morgan fingerprint density at radius 2 is 1.94 bits per heavy atom. The van der Waals surface area contributed by atoms with E-state index >= 15 is 0 Å². The molecule has 0 aromatic heterocycles. The molecule has 0 aliphatic carbocycles. The topological polar surface area (TPSA) is 35.5 Å². The first kappa shape index (κ1) is 12.4. The van der Waals surface area contributed by atoms with Gasteiger partial charge in [-0.3, -0.25) is 4.90 Å². The lowest BCUT2D eigenvalue weighted by Crippen LogP contribution is -2.46. The summed E-state index contributed by atoms with van der Waals surface area (Å²) in [4.78, 5) is 2.07. The second kappa shape index (κ2) is 5.53. The summed E-state index contributed by atoms with van der Waals surface area (Å²) < 4.78 is 26.0. The fraction of sp³-hybridized carbons (Fsp3) is 0.500. The van der Waals surface area contributed by atoms with E-state index in [1.54, 1.807) is 0 Å². The normalized spacial score (nSPS) is 19.2. The van der Waals surface area contributed by atoms with Crippen molar-refractivity contribution in [1.82, 2.24) is 10.2 Å². The number of benzene rings is 1. The number of hydrogen-bond acceptors (Lipinski definition) is 3. The molecule has 1 aromatic carbocycles. The Labute approximate surface area is 99.1 Å². The van der Waals surface area contributed by atoms with Crippen LogP contribution in [0, 0.1) is 11.6 Å². The van der Waals surface area contributed by atoms with Crippen molar-refractivity contribution in [1.29, 1.82) is 0 Å². The van der Waals surface area contributed by atoms with Crippen molar-refractivity contribution in [2.45, 2.75) is 6.04 Å². The maximum Gasteiger partial charge on any atom is 0.159 e. The molecule has 2 N–H and O–H groups in total. The molecule has 94 valence electrons. The molecule has 0 radical (unpaired) electrons. The smallest absolute Gasteiger partial charge is 0.159 e. The number of halogens is 2. The number of aliphatic hydroxyl groups excluding tert-OH is 1. The minimum Gasteiger partial charge on any atom is -0.394 e. The molecule has 1 aromatic rings. The summed E-state index contributed by atoms with van der Waals surface area (Å²) in [5.74, 6) is -1.72. The molecule has 1 heterocycles. The summed E-state index contributed by atoms with van der Waals surface area (Å²) in [5.41, 5.74) is 0.619. The van der Waals surface area contributed by atoms with Gasteiger partial charge in [-0.2, -0.15) is 0 Å². The third-order valence-corrected chi connectivity index (χ3v) is 3.09. The molecular weight excluding hydrogens is 226 g/mol. The Morgan fingerprint density at radius 3 is 2.53 bits per heavy atom. The van der Waals surface area contributed by atoms with Gasteiger partial charge in [-0.25, -0.2) is 8.78 Å². The van der Waals surface area contributed by atoms with Crippen LogP contribution in [0.25, 0.3) is 0 Å². The number of nitrogens with one attached hydrogen (secondary N) is 1. The average molecular weight is 242 g/mol. The highest BCUT2D eigenvalue weighted by Crippen LogP contribution is 2.22. The minimum atomic E-state index is -0.865. The van der Waals surface area contributed by atoms with E-state index in [0.717, 1.165) is 38.3 Å². The van der Waals surface area contributed by atoms with Gasteiger partial charge >= 0.3 is 0 Å². The number of nitrogens with zero attached hydrogens (tertiary/aromatic N) is 1. The van der Waals surface area contributed by atoms with Crippen LogP contribution >= 0.6 is 0 Å². The van der Waals surface area contributed by atoms with Gasteiger partial charge in [0.15, 0.2) is 11.6 Å². The van der Waals surface area contributed by atoms with Gasteiger partial charge in [0.05, 0.1) is 12.6 Å². The fourth-order valence-electron chi connectivity index (χ4n) is 2.15. The van der Waals surface area contributed by atoms with Gasteiger partial charge in [-0.15, -0.1) is 0 Å². The predicted octanol–water partition coefficient (Wildman–Crippen LogP) is 0.903. The second-order valence-corrected chi connectivity index (χ2v) is 4.16. The van der Waals surface area contributed by atoms with Crippen molar-refractivity contribution in [2.75, 3.05) is 32.8 Å². The highest BCUT2D eigenvalue weighted by Gasteiger charge is 2.22. The number of hydrogen-bond donors (Lipinski definition) is 2. The summed E-state index contributed by atoms with van der Waals surface area (Å²) in [6, 6.07) is 3.54. The number of aliphatic hydroxyl groups is 1. The zero-order valence-corrected chi connectivity index (χ0v) is 9.50. The van der Waals surface area contributed by atoms with Crippen molar-refractivity contribution >= 4 is 0 Å². The zero-order valence-electron chi connectivity index (χ0n) is 9.50. The van der Waals surface area contributed by atoms with Crippen molar-refractivity contribution in [2.24, 2.45) is 0 Å². The Morgan fingerprint density at radius 1 is 1.24 bits per heavy atom. The Balaban J connectivity index is 2.18. The highest BCUT2D eigenvalue weighted by molar-refractivity contribution is 5.21. The Hall–Kier alpha value is -1.04. The van der Waals surface area contributed by atoms with Gasteiger partial charge in [0.2, 0.25) is 0 Å². The summed E-state index contributed by atoms with van der Waals surface area (Å²) in [5, 5.41) is 12.6. The number of piperazine rings is 1. The maximum absolute atomic E-state index is 13.2. The minimum absolute atomic E-state index is 0.0922. The van der Waals surface area contributed by atoms with Crippen molar-refractivity contribution in [3.05, 3.63) is 35.4 Å². The first-order chi connectivity index (χ1) is 8.22. The molecule has 3 nitrogen and oxygen atoms in total. The van der Waals surface area contributed by atoms with Gasteiger partial charge in [-0.05, 0) is 17.7 Å². The van der Waals surface area contributed by atoms with E-state index in [-0.39, 0.29) is 12.6 Å². The van der Waals surface area contributed by atoms with Crippen LogP contribution in [0.4, 0.5) is 8.78 Å². The van der Waals surface area contributed by atoms with Crippen LogP contribution in [0.1, 0.15) is 11.6 Å². The van der Waals surface area contributed by atoms with E-state index in [9.17, 15) is 13.9 Å². The summed E-state index contributed by atoms with van der Waals surface area (Å²) in [7, 11) is 0. The molecule has 2 rings (SSSR count). The zero-order chi connectivity index (χ0) is 12.3. The molecule has 0 spiro atoms. The third-order valence-electron chi connectivity index (χ3n) is 3.09. The predicted molar refractivity (Wildman–Crippen MR) is 60.6 cm³/mol. The lowest BCUT2D eigenvalue weighted by Gasteiger charge is -2.34. The molecule has 1 aliphatic rings. The monoisotopic (exact) mass is 242 g/mol. The molecule has 1 aliphatic heterocycles. The summed E-state index contributed by atoms with van der Waals surface area (Å²) in [6.45, 7) is 3.19. The van der Waals surface area contributed by atoms with Crippen LogP contribution in [-0.4, -0.2) is 42.8 Å². The molecular formula is C12H16F2N2O. The largest absolute Gasteiger partial charge is 0.394 e. The van der Waals surface area contributed by atoms with Crippen LogP contribution in [0.2, 0.25) is 0 Å². The van der Waals surface area contributed by atoms with Crippen molar-refractivity contribution in [3.8, 4) is 0 Å². The van der Waals surface area contributed by atoms with E-state index in [4.69, 9.17) is 0 Å². The van der Waals surface area contributed by atoms with Gasteiger partial charge in [0.1, 0.15) is 0 Å². The van der Waals surface area contributed by atoms with E-state index in [1.807, 2.05) is 0 Å². The average Bonchev–Trinajstić information content (AvgIpc) is 2.36. The summed E-state index contributed by atoms with van der Waals surface area (Å²) in [6.07, 6.45) is 0. The molecule has 0 bridgehead atoms. The van der Waals surface area contributed by atoms with Crippen LogP contribution in [0.5, 0.6) is 0 Å². The van der Waals surface area contributed by atoms with Gasteiger partial charge < -0.3 is 10.4 Å². The standard InChI is InChI=1S/C12H16F2N2O/c13-10-2-1-9(7-11(10)14)12(8-17)16-5-3-15-4-6-16/h1-2,7,12,15,17H,3-6,8H2/t12-/m1/s1. The molecule has 0 unspecified atom stereocenters. The van der Waals surface area contributed by atoms with Crippen LogP contribution in [0.15, 0.2) is 18.2 Å². The van der Waals surface area contributed by atoms with E-state index in [1.165, 1.54) is 6.07 Å². The van der Waals surface area contributed by atoms with E-state index < -0.39 is 11.6 Å². The van der Waals surface area contributed by atoms with Gasteiger partial charge in [0.25, 0.3) is 0 Å². The highest BCUT2D eigenvalue weighted by atomic mass is 19.2. The molecule has 17 heavy (non-hydrogen) atoms. The van der Waals surface area contributed by atoms with E-state index in [0.29, 0.717) is 5.56 Å². The Kier molecular flexibility index (Phi) is 4.04. The first-order valence-electron chi connectivity index (χ1n) is 5.73. The Bertz CT molecular complexity index is 381. The quantitative estimate of drug-likeness (QED) is 0.826. The van der Waals surface area contributed by atoms with Gasteiger partial charge in [0, 0.05) is 26.2 Å². The van der Waals surface area contributed by atoms with Crippen LogP contribution < -0.4 is 5.32 Å². The number of rotatable bonds is 3. The first-order valence-corrected chi connectivity index (χ1v) is 5.73. The van der Waals surface area contributed by atoms with Crippen LogP contribution in [-0.2, 0) is 0 Å². The fourth-order valence-corrected chi connectivity index (χ4v) is 2.15. The molecule has 1 saturated heterocycles. The third kappa shape index (κ3) is 2.80. The van der Waals surface area contributed by atoms with Crippen molar-refractivity contribution in [3.63, 3.8) is 0 Å². The van der Waals surface area contributed by atoms with Crippen LogP contribution in [0.3, 0.4) is 0 Å². The molecule has 0 saturated carbocycles. The lowest BCUT2D eigenvalue weighted by atomic mass is 10.0. The van der Waals surface area contributed by atoms with Crippen molar-refractivity contribution < 1.29 is 13.9 Å². The SMILES string of the molecule is OC[C@H](c1ccc(F)c(F)c1)N1CCNCC1. The lowest BCUT2D eigenvalue weighted by molar-refractivity contribution is 0.110. The maximum atomic E-state index is 13.2. The molecule has 0 amide bonds. The second-order valence-electron chi connectivity index (χ2n) is 4.16. The van der Waals surface area contributed by atoms with Gasteiger partial charge in [-0.1, -0.05) is 6.07 Å². The molecule has 5 heteroatoms. The van der Waals surface area contributed by atoms with E-state index in [2.05, 4.69) is 10.2 Å². The molecule has 1 atom stereocenters. The molecule has 1 fully saturated rings.